The molecule has 0 aromatic carbocycles. The van der Waals surface area contributed by atoms with E-state index in [2.05, 4.69) is 4.85 Å². The van der Waals surface area contributed by atoms with Crippen LogP contribution in [0, 0.1) is 6.57 Å². The van der Waals surface area contributed by atoms with Crippen molar-refractivity contribution in [2.75, 3.05) is 0 Å². The molecule has 0 aliphatic carbocycles. The molecule has 1 unspecified atom stereocenters. The van der Waals surface area contributed by atoms with E-state index in [1.165, 1.54) is 0 Å². The summed E-state index contributed by atoms with van der Waals surface area (Å²) in [6.45, 7) is 8.30. The normalized spacial score (nSPS) is 14.2. The zero-order valence-electron chi connectivity index (χ0n) is 7.28. The molecule has 0 amide bonds. The second kappa shape index (κ2) is 4.45. The fourth-order valence-electron chi connectivity index (χ4n) is 0.931. The summed E-state index contributed by atoms with van der Waals surface area (Å²) in [5.41, 5.74) is -1.56. The van der Waals surface area contributed by atoms with Gasteiger partial charge in [-0.2, -0.15) is 0 Å². The molecule has 5 nitrogen and oxygen atoms in total. The highest BCUT2D eigenvalue weighted by Gasteiger charge is 2.43. The van der Waals surface area contributed by atoms with Crippen LogP contribution in [0.15, 0.2) is 0 Å². The van der Waals surface area contributed by atoms with Crippen LogP contribution in [-0.4, -0.2) is 27.7 Å². The highest BCUT2D eigenvalue weighted by molar-refractivity contribution is 5.82. The van der Waals surface area contributed by atoms with E-state index in [4.69, 9.17) is 16.8 Å². The van der Waals surface area contributed by atoms with Crippen molar-refractivity contribution in [3.05, 3.63) is 11.4 Å². The fraction of sp³-hybridized carbons (Fsp3) is 0.625. The number of carboxylic acid groups (broad SMARTS) is 2. The molecular weight excluding hydrogens is 174 g/mol. The van der Waals surface area contributed by atoms with Gasteiger partial charge in [0.25, 0.3) is 0 Å². The Balaban J connectivity index is 4.52. The SMILES string of the molecule is [C-]#[N+]C(CC)(CCC(=O)O)C(=O)O. The predicted molar refractivity (Wildman–Crippen MR) is 44.1 cm³/mol. The third kappa shape index (κ3) is 2.75. The van der Waals surface area contributed by atoms with E-state index in [9.17, 15) is 9.59 Å². The summed E-state index contributed by atoms with van der Waals surface area (Å²) < 4.78 is 0. The van der Waals surface area contributed by atoms with Gasteiger partial charge in [-0.1, -0.05) is 6.92 Å². The largest absolute Gasteiger partial charge is 0.481 e. The zero-order valence-corrected chi connectivity index (χ0v) is 7.28. The van der Waals surface area contributed by atoms with Crippen LogP contribution in [0.3, 0.4) is 0 Å². The van der Waals surface area contributed by atoms with Crippen molar-refractivity contribution in [2.24, 2.45) is 0 Å². The Kier molecular flexibility index (Phi) is 3.92. The Morgan fingerprint density at radius 1 is 1.46 bits per heavy atom. The number of rotatable bonds is 5. The summed E-state index contributed by atoms with van der Waals surface area (Å²) in [5, 5.41) is 17.1. The van der Waals surface area contributed by atoms with Crippen molar-refractivity contribution < 1.29 is 19.8 Å². The highest BCUT2D eigenvalue weighted by Crippen LogP contribution is 2.22. The Hall–Kier alpha value is -1.57. The van der Waals surface area contributed by atoms with Crippen LogP contribution in [0.5, 0.6) is 0 Å². The lowest BCUT2D eigenvalue weighted by atomic mass is 9.91. The summed E-state index contributed by atoms with van der Waals surface area (Å²) >= 11 is 0. The number of hydrogen-bond donors (Lipinski definition) is 2. The van der Waals surface area contributed by atoms with Gasteiger partial charge in [0.2, 0.25) is 0 Å². The quantitative estimate of drug-likeness (QED) is 0.626. The molecule has 0 rings (SSSR count). The maximum Gasteiger partial charge on any atom is 0.390 e. The Bertz CT molecular complexity index is 255. The molecule has 0 spiro atoms. The molecule has 0 aromatic heterocycles. The molecule has 5 heteroatoms. The van der Waals surface area contributed by atoms with Crippen LogP contribution in [0.25, 0.3) is 4.85 Å². The second-order valence-electron chi connectivity index (χ2n) is 2.70. The smallest absolute Gasteiger partial charge is 0.390 e. The van der Waals surface area contributed by atoms with E-state index in [0.29, 0.717) is 0 Å². The minimum absolute atomic E-state index is 0.124. The molecule has 2 N–H and O–H groups in total. The van der Waals surface area contributed by atoms with Gasteiger partial charge >= 0.3 is 17.5 Å². The first-order chi connectivity index (χ1) is 5.98. The van der Waals surface area contributed by atoms with E-state index >= 15 is 0 Å². The minimum atomic E-state index is -1.56. The van der Waals surface area contributed by atoms with Crippen LogP contribution >= 0.6 is 0 Å². The summed E-state index contributed by atoms with van der Waals surface area (Å²) in [7, 11) is 0. The first-order valence-corrected chi connectivity index (χ1v) is 3.82. The molecular formula is C8H11NO4. The van der Waals surface area contributed by atoms with Crippen molar-refractivity contribution in [3.63, 3.8) is 0 Å². The minimum Gasteiger partial charge on any atom is -0.481 e. The summed E-state index contributed by atoms with van der Waals surface area (Å²) in [6.07, 6.45) is -0.306. The van der Waals surface area contributed by atoms with Gasteiger partial charge in [0.15, 0.2) is 0 Å². The van der Waals surface area contributed by atoms with Gasteiger partial charge in [-0.3, -0.25) is 9.64 Å². The summed E-state index contributed by atoms with van der Waals surface area (Å²) in [6, 6.07) is 0. The first kappa shape index (κ1) is 11.4. The van der Waals surface area contributed by atoms with Gasteiger partial charge in [0, 0.05) is 12.8 Å². The summed E-state index contributed by atoms with van der Waals surface area (Å²) in [5.74, 6) is -2.33. The van der Waals surface area contributed by atoms with E-state index in [1.54, 1.807) is 6.92 Å². The van der Waals surface area contributed by atoms with Crippen molar-refractivity contribution in [2.45, 2.75) is 31.7 Å². The fourth-order valence-corrected chi connectivity index (χ4v) is 0.931. The van der Waals surface area contributed by atoms with Crippen LogP contribution in [-0.2, 0) is 9.59 Å². The standard InChI is InChI=1S/C8H11NO4/c1-3-8(9-2,7(12)13)5-4-6(10)11/h3-5H2,1H3,(H,10,11)(H,12,13). The number of aliphatic carboxylic acids is 2. The van der Waals surface area contributed by atoms with Crippen LogP contribution in [0.1, 0.15) is 26.2 Å². The highest BCUT2D eigenvalue weighted by atomic mass is 16.4. The molecule has 72 valence electrons. The van der Waals surface area contributed by atoms with Crippen LogP contribution in [0.2, 0.25) is 0 Å². The van der Waals surface area contributed by atoms with Crippen molar-refractivity contribution in [1.29, 1.82) is 0 Å². The molecule has 0 aliphatic rings. The molecule has 13 heavy (non-hydrogen) atoms. The predicted octanol–water partition coefficient (Wildman–Crippen LogP) is 1.00. The average molecular weight is 185 g/mol. The van der Waals surface area contributed by atoms with Gasteiger partial charge in [-0.25, -0.2) is 11.4 Å². The lowest BCUT2D eigenvalue weighted by Crippen LogP contribution is -2.34. The molecule has 1 atom stereocenters. The number of nitrogens with zero attached hydrogens (tertiary/aromatic N) is 1. The molecule has 0 bridgehead atoms. The van der Waals surface area contributed by atoms with Crippen molar-refractivity contribution in [3.8, 4) is 0 Å². The Morgan fingerprint density at radius 2 is 2.00 bits per heavy atom. The molecule has 0 heterocycles. The second-order valence-corrected chi connectivity index (χ2v) is 2.70. The van der Waals surface area contributed by atoms with Crippen LogP contribution in [0.4, 0.5) is 0 Å². The van der Waals surface area contributed by atoms with E-state index in [1.807, 2.05) is 0 Å². The van der Waals surface area contributed by atoms with Gasteiger partial charge in [0.05, 0.1) is 6.42 Å². The average Bonchev–Trinajstić information content (AvgIpc) is 2.06. The van der Waals surface area contributed by atoms with Gasteiger partial charge in [0.1, 0.15) is 0 Å². The molecule has 0 aromatic rings. The van der Waals surface area contributed by atoms with Gasteiger partial charge in [-0.15, -0.1) is 0 Å². The van der Waals surface area contributed by atoms with Crippen molar-refractivity contribution in [1.82, 2.24) is 0 Å². The topological polar surface area (TPSA) is 79.0 Å². The molecule has 0 saturated heterocycles. The van der Waals surface area contributed by atoms with E-state index in [0.717, 1.165) is 0 Å². The number of carboxylic acids is 2. The van der Waals surface area contributed by atoms with Gasteiger partial charge < -0.3 is 10.2 Å². The van der Waals surface area contributed by atoms with E-state index in [-0.39, 0.29) is 19.3 Å². The van der Waals surface area contributed by atoms with Crippen LogP contribution < -0.4 is 0 Å². The maximum atomic E-state index is 10.7. The number of hydrogen-bond acceptors (Lipinski definition) is 2. The molecule has 0 saturated carbocycles. The monoisotopic (exact) mass is 185 g/mol. The molecule has 0 fully saturated rings. The molecule has 0 aliphatic heterocycles. The Labute approximate surface area is 75.8 Å². The lowest BCUT2D eigenvalue weighted by Gasteiger charge is -2.13. The third-order valence-corrected chi connectivity index (χ3v) is 1.95. The number of carbonyl (C=O) groups is 2. The van der Waals surface area contributed by atoms with Crippen molar-refractivity contribution >= 4 is 11.9 Å². The summed E-state index contributed by atoms with van der Waals surface area (Å²) in [4.78, 5) is 23.9. The first-order valence-electron chi connectivity index (χ1n) is 3.82. The lowest BCUT2D eigenvalue weighted by molar-refractivity contribution is -0.143. The Morgan fingerprint density at radius 3 is 2.23 bits per heavy atom. The van der Waals surface area contributed by atoms with E-state index < -0.39 is 17.5 Å². The van der Waals surface area contributed by atoms with Gasteiger partial charge in [-0.05, 0) is 0 Å². The third-order valence-electron chi connectivity index (χ3n) is 1.95. The maximum absolute atomic E-state index is 10.7. The molecule has 0 radical (unpaired) electrons. The zero-order chi connectivity index (χ0) is 10.5.